The summed E-state index contributed by atoms with van der Waals surface area (Å²) < 4.78 is 50.8. The number of rotatable bonds is 9. The first-order chi connectivity index (χ1) is 13.4. The summed E-state index contributed by atoms with van der Waals surface area (Å²) in [4.78, 5) is 0. The van der Waals surface area contributed by atoms with E-state index in [0.717, 1.165) is 18.4 Å². The van der Waals surface area contributed by atoms with Crippen LogP contribution >= 0.6 is 0 Å². The van der Waals surface area contributed by atoms with E-state index in [1.54, 1.807) is 18.2 Å². The molecule has 0 amide bonds. The molecular formula is C21H26FNO4S. The Morgan fingerprint density at radius 2 is 2.04 bits per heavy atom. The molecule has 1 fully saturated rings. The van der Waals surface area contributed by atoms with Crippen LogP contribution in [0, 0.1) is 5.82 Å². The molecule has 1 aliphatic rings. The first-order valence-electron chi connectivity index (χ1n) is 9.44. The molecule has 0 spiro atoms. The van der Waals surface area contributed by atoms with Crippen molar-refractivity contribution in [1.29, 1.82) is 0 Å². The molecule has 1 saturated heterocycles. The maximum atomic E-state index is 13.7. The van der Waals surface area contributed by atoms with Gasteiger partial charge >= 0.3 is 0 Å². The minimum absolute atomic E-state index is 0.0464. The van der Waals surface area contributed by atoms with Crippen molar-refractivity contribution in [2.75, 3.05) is 26.0 Å². The normalized spacial score (nSPS) is 17.2. The Labute approximate surface area is 166 Å². The highest BCUT2D eigenvalue weighted by Gasteiger charge is 2.24. The van der Waals surface area contributed by atoms with E-state index in [1.807, 2.05) is 24.3 Å². The van der Waals surface area contributed by atoms with Gasteiger partial charge in [-0.25, -0.2) is 12.8 Å². The van der Waals surface area contributed by atoms with E-state index in [0.29, 0.717) is 37.5 Å². The standard InChI is InChI=1S/C21H26FNO4S/c1-28(24,25)23(16-20-9-5-12-26-20)15-17-6-4-8-19(14-17)27-13-11-18-7-2-3-10-21(18)22/h2-4,6-8,10,14,20H,5,9,11-13,15-16H2,1H3. The number of nitrogens with zero attached hydrogens (tertiary/aromatic N) is 1. The summed E-state index contributed by atoms with van der Waals surface area (Å²) >= 11 is 0. The van der Waals surface area contributed by atoms with Crippen molar-refractivity contribution >= 4 is 10.0 Å². The Morgan fingerprint density at radius 3 is 2.75 bits per heavy atom. The lowest BCUT2D eigenvalue weighted by Crippen LogP contribution is -2.36. The minimum atomic E-state index is -3.35. The number of halogens is 1. The van der Waals surface area contributed by atoms with Crippen LogP contribution in [0.3, 0.4) is 0 Å². The van der Waals surface area contributed by atoms with Crippen LogP contribution in [0.25, 0.3) is 0 Å². The molecule has 0 N–H and O–H groups in total. The van der Waals surface area contributed by atoms with Gasteiger partial charge in [0.1, 0.15) is 11.6 Å². The lowest BCUT2D eigenvalue weighted by Gasteiger charge is -2.23. The highest BCUT2D eigenvalue weighted by atomic mass is 32.2. The summed E-state index contributed by atoms with van der Waals surface area (Å²) in [6, 6.07) is 14.0. The average molecular weight is 408 g/mol. The fourth-order valence-electron chi connectivity index (χ4n) is 3.25. The summed E-state index contributed by atoms with van der Waals surface area (Å²) in [5.41, 5.74) is 1.45. The minimum Gasteiger partial charge on any atom is -0.493 e. The molecule has 0 aromatic heterocycles. The summed E-state index contributed by atoms with van der Waals surface area (Å²) in [6.45, 7) is 1.66. The van der Waals surface area contributed by atoms with Gasteiger partial charge in [0.2, 0.25) is 10.0 Å². The average Bonchev–Trinajstić information content (AvgIpc) is 3.16. The van der Waals surface area contributed by atoms with Crippen LogP contribution in [0.5, 0.6) is 5.75 Å². The van der Waals surface area contributed by atoms with Crippen LogP contribution < -0.4 is 4.74 Å². The molecule has 1 unspecified atom stereocenters. The van der Waals surface area contributed by atoms with Crippen molar-refractivity contribution in [2.45, 2.75) is 31.9 Å². The quantitative estimate of drug-likeness (QED) is 0.639. The first-order valence-corrected chi connectivity index (χ1v) is 11.3. The van der Waals surface area contributed by atoms with Gasteiger partial charge in [0.25, 0.3) is 0 Å². The molecule has 3 rings (SSSR count). The summed E-state index contributed by atoms with van der Waals surface area (Å²) in [5.74, 6) is 0.400. The molecule has 0 radical (unpaired) electrons. The van der Waals surface area contributed by atoms with Gasteiger partial charge in [-0.3, -0.25) is 0 Å². The van der Waals surface area contributed by atoms with Crippen LogP contribution in [0.1, 0.15) is 24.0 Å². The van der Waals surface area contributed by atoms with E-state index in [4.69, 9.17) is 9.47 Å². The van der Waals surface area contributed by atoms with Gasteiger partial charge in [-0.1, -0.05) is 30.3 Å². The second-order valence-corrected chi connectivity index (χ2v) is 9.01. The third-order valence-electron chi connectivity index (χ3n) is 4.76. The van der Waals surface area contributed by atoms with Crippen LogP contribution in [0.4, 0.5) is 4.39 Å². The summed E-state index contributed by atoms with van der Waals surface area (Å²) in [5, 5.41) is 0. The Balaban J connectivity index is 1.60. The zero-order valence-electron chi connectivity index (χ0n) is 16.0. The van der Waals surface area contributed by atoms with Crippen LogP contribution in [-0.2, 0) is 27.7 Å². The molecule has 0 saturated carbocycles. The predicted molar refractivity (Wildman–Crippen MR) is 106 cm³/mol. The Bertz CT molecular complexity index is 881. The topological polar surface area (TPSA) is 55.8 Å². The van der Waals surface area contributed by atoms with Crippen molar-refractivity contribution in [1.82, 2.24) is 4.31 Å². The number of hydrogen-bond acceptors (Lipinski definition) is 4. The molecule has 152 valence electrons. The molecule has 2 aromatic carbocycles. The fourth-order valence-corrected chi connectivity index (χ4v) is 4.07. The largest absolute Gasteiger partial charge is 0.493 e. The fraction of sp³-hybridized carbons (Fsp3) is 0.429. The molecule has 2 aromatic rings. The molecule has 1 aliphatic heterocycles. The van der Waals surface area contributed by atoms with Gasteiger partial charge in [0.05, 0.1) is 19.0 Å². The SMILES string of the molecule is CS(=O)(=O)N(Cc1cccc(OCCc2ccccc2F)c1)CC1CCCO1. The first kappa shape index (κ1) is 20.8. The van der Waals surface area contributed by atoms with E-state index < -0.39 is 10.0 Å². The molecular weight excluding hydrogens is 381 g/mol. The Kier molecular flexibility index (Phi) is 7.04. The highest BCUT2D eigenvalue weighted by Crippen LogP contribution is 2.20. The molecule has 7 heteroatoms. The van der Waals surface area contributed by atoms with Crippen molar-refractivity contribution in [2.24, 2.45) is 0 Å². The molecule has 1 heterocycles. The Hall–Kier alpha value is -1.96. The summed E-state index contributed by atoms with van der Waals surface area (Å²) in [7, 11) is -3.35. The van der Waals surface area contributed by atoms with Gasteiger partial charge in [0, 0.05) is 26.1 Å². The second-order valence-electron chi connectivity index (χ2n) is 7.03. The molecule has 1 atom stereocenters. The smallest absolute Gasteiger partial charge is 0.211 e. The van der Waals surface area contributed by atoms with Crippen molar-refractivity contribution in [3.05, 3.63) is 65.5 Å². The van der Waals surface area contributed by atoms with E-state index >= 15 is 0 Å². The Morgan fingerprint density at radius 1 is 1.21 bits per heavy atom. The van der Waals surface area contributed by atoms with Crippen molar-refractivity contribution in [3.63, 3.8) is 0 Å². The monoisotopic (exact) mass is 407 g/mol. The summed E-state index contributed by atoms with van der Waals surface area (Å²) in [6.07, 6.45) is 3.48. The molecule has 0 bridgehead atoms. The van der Waals surface area contributed by atoms with Crippen LogP contribution in [0.15, 0.2) is 48.5 Å². The van der Waals surface area contributed by atoms with Gasteiger partial charge in [0.15, 0.2) is 0 Å². The lowest BCUT2D eigenvalue weighted by molar-refractivity contribution is 0.0927. The van der Waals surface area contributed by atoms with E-state index in [9.17, 15) is 12.8 Å². The van der Waals surface area contributed by atoms with E-state index in [-0.39, 0.29) is 18.5 Å². The van der Waals surface area contributed by atoms with E-state index in [2.05, 4.69) is 0 Å². The zero-order chi connectivity index (χ0) is 20.0. The molecule has 0 aliphatic carbocycles. The van der Waals surface area contributed by atoms with Gasteiger partial charge in [-0.05, 0) is 42.2 Å². The highest BCUT2D eigenvalue weighted by molar-refractivity contribution is 7.88. The number of benzene rings is 2. The second kappa shape index (κ2) is 9.49. The number of ether oxygens (including phenoxy) is 2. The lowest BCUT2D eigenvalue weighted by atomic mass is 10.1. The number of hydrogen-bond donors (Lipinski definition) is 0. The van der Waals surface area contributed by atoms with Gasteiger partial charge < -0.3 is 9.47 Å². The van der Waals surface area contributed by atoms with Crippen molar-refractivity contribution < 1.29 is 22.3 Å². The molecule has 28 heavy (non-hydrogen) atoms. The number of sulfonamides is 1. The van der Waals surface area contributed by atoms with E-state index in [1.165, 1.54) is 16.6 Å². The molecule has 5 nitrogen and oxygen atoms in total. The third kappa shape index (κ3) is 6.02. The maximum Gasteiger partial charge on any atom is 0.211 e. The predicted octanol–water partition coefficient (Wildman–Crippen LogP) is 3.39. The van der Waals surface area contributed by atoms with Crippen LogP contribution in [0.2, 0.25) is 0 Å². The van der Waals surface area contributed by atoms with Gasteiger partial charge in [-0.15, -0.1) is 0 Å². The van der Waals surface area contributed by atoms with Crippen LogP contribution in [-0.4, -0.2) is 44.8 Å². The maximum absolute atomic E-state index is 13.7. The van der Waals surface area contributed by atoms with Crippen molar-refractivity contribution in [3.8, 4) is 5.75 Å². The third-order valence-corrected chi connectivity index (χ3v) is 5.97. The van der Waals surface area contributed by atoms with Gasteiger partial charge in [-0.2, -0.15) is 4.31 Å². The zero-order valence-corrected chi connectivity index (χ0v) is 16.8.